The zero-order valence-corrected chi connectivity index (χ0v) is 14.6. The number of benzene rings is 2. The molecule has 3 N–H and O–H groups in total. The zero-order chi connectivity index (χ0) is 16.8. The molecule has 0 fully saturated rings. The first-order valence-corrected chi connectivity index (χ1v) is 7.97. The van der Waals surface area contributed by atoms with Crippen molar-refractivity contribution in [2.45, 2.75) is 13.5 Å². The number of amides is 1. The average Bonchev–Trinajstić information content (AvgIpc) is 2.55. The summed E-state index contributed by atoms with van der Waals surface area (Å²) in [4.78, 5) is 11.7. The summed E-state index contributed by atoms with van der Waals surface area (Å²) in [5, 5.41) is 0. The van der Waals surface area contributed by atoms with Crippen LogP contribution in [-0.4, -0.2) is 12.5 Å². The van der Waals surface area contributed by atoms with E-state index in [1.165, 1.54) is 12.1 Å². The highest BCUT2D eigenvalue weighted by Gasteiger charge is 2.15. The normalized spacial score (nSPS) is 10.3. The predicted molar refractivity (Wildman–Crippen MR) is 92.7 cm³/mol. The molecular weight excluding hydrogens is 414 g/mol. The number of hydrogen-bond acceptors (Lipinski definition) is 4. The number of carbonyl (C=O) groups is 1. The summed E-state index contributed by atoms with van der Waals surface area (Å²) in [7, 11) is 0. The molecule has 0 unspecified atom stereocenters. The lowest BCUT2D eigenvalue weighted by Gasteiger charge is -2.15. The maximum Gasteiger partial charge on any atom is 0.265 e. The fourth-order valence-electron chi connectivity index (χ4n) is 1.92. The third kappa shape index (κ3) is 4.55. The van der Waals surface area contributed by atoms with E-state index in [9.17, 15) is 9.18 Å². The number of carbonyl (C=O) groups excluding carboxylic acids is 1. The average molecular weight is 430 g/mol. The third-order valence-corrected chi connectivity index (χ3v) is 3.80. The lowest BCUT2D eigenvalue weighted by Crippen LogP contribution is -2.30. The third-order valence-electron chi connectivity index (χ3n) is 3.00. The molecule has 23 heavy (non-hydrogen) atoms. The highest BCUT2D eigenvalue weighted by molar-refractivity contribution is 14.1. The smallest absolute Gasteiger partial charge is 0.265 e. The molecule has 2 rings (SSSR count). The molecule has 0 atom stereocenters. The van der Waals surface area contributed by atoms with Crippen molar-refractivity contribution in [1.29, 1.82) is 0 Å². The standard InChI is InChI=1S/C16H16FIN2O3/c1-2-22-14-8-11(16(21)20-19)7-13(18)15(14)23-9-10-3-5-12(17)6-4-10/h3-8H,2,9,19H2,1H3,(H,20,21). The molecule has 0 spiro atoms. The number of rotatable bonds is 6. The van der Waals surface area contributed by atoms with Crippen molar-refractivity contribution in [1.82, 2.24) is 5.43 Å². The van der Waals surface area contributed by atoms with Crippen molar-refractivity contribution in [3.63, 3.8) is 0 Å². The van der Waals surface area contributed by atoms with Crippen LogP contribution in [0.25, 0.3) is 0 Å². The minimum Gasteiger partial charge on any atom is -0.490 e. The molecule has 0 aromatic heterocycles. The molecule has 0 aliphatic rings. The molecule has 5 nitrogen and oxygen atoms in total. The van der Waals surface area contributed by atoms with E-state index in [4.69, 9.17) is 15.3 Å². The van der Waals surface area contributed by atoms with E-state index in [2.05, 4.69) is 28.0 Å². The van der Waals surface area contributed by atoms with E-state index in [1.54, 1.807) is 24.3 Å². The van der Waals surface area contributed by atoms with Crippen LogP contribution in [0.4, 0.5) is 4.39 Å². The predicted octanol–water partition coefficient (Wildman–Crippen LogP) is 3.01. The Labute approximate surface area is 147 Å². The Balaban J connectivity index is 2.25. The van der Waals surface area contributed by atoms with Gasteiger partial charge in [-0.15, -0.1) is 0 Å². The van der Waals surface area contributed by atoms with Crippen LogP contribution in [0.5, 0.6) is 11.5 Å². The molecule has 0 aliphatic carbocycles. The summed E-state index contributed by atoms with van der Waals surface area (Å²) in [6.45, 7) is 2.53. The van der Waals surface area contributed by atoms with Gasteiger partial charge in [0.1, 0.15) is 12.4 Å². The first kappa shape index (κ1) is 17.5. The molecule has 2 aromatic carbocycles. The van der Waals surface area contributed by atoms with E-state index in [0.717, 1.165) is 5.56 Å². The molecule has 0 saturated carbocycles. The van der Waals surface area contributed by atoms with Crippen molar-refractivity contribution in [2.75, 3.05) is 6.61 Å². The van der Waals surface area contributed by atoms with Crippen LogP contribution in [0.3, 0.4) is 0 Å². The monoisotopic (exact) mass is 430 g/mol. The molecule has 1 amide bonds. The maximum atomic E-state index is 12.9. The molecule has 0 aliphatic heterocycles. The van der Waals surface area contributed by atoms with Gasteiger partial charge >= 0.3 is 0 Å². The second kappa shape index (κ2) is 8.11. The maximum absolute atomic E-state index is 12.9. The van der Waals surface area contributed by atoms with Gasteiger partial charge in [0.2, 0.25) is 0 Å². The van der Waals surface area contributed by atoms with Crippen LogP contribution < -0.4 is 20.7 Å². The lowest BCUT2D eigenvalue weighted by atomic mass is 10.2. The van der Waals surface area contributed by atoms with Gasteiger partial charge < -0.3 is 9.47 Å². The van der Waals surface area contributed by atoms with E-state index in [1.807, 2.05) is 6.92 Å². The van der Waals surface area contributed by atoms with Gasteiger partial charge in [-0.25, -0.2) is 10.2 Å². The first-order chi connectivity index (χ1) is 11.0. The summed E-state index contributed by atoms with van der Waals surface area (Å²) in [6, 6.07) is 9.29. The Morgan fingerprint density at radius 3 is 2.57 bits per heavy atom. The van der Waals surface area contributed by atoms with Crippen molar-refractivity contribution < 1.29 is 18.7 Å². The van der Waals surface area contributed by atoms with E-state index >= 15 is 0 Å². The van der Waals surface area contributed by atoms with E-state index in [0.29, 0.717) is 27.2 Å². The van der Waals surface area contributed by atoms with Gasteiger partial charge in [0.05, 0.1) is 10.2 Å². The molecule has 122 valence electrons. The second-order valence-corrected chi connectivity index (χ2v) is 5.77. The van der Waals surface area contributed by atoms with Gasteiger partial charge in [0.15, 0.2) is 11.5 Å². The largest absolute Gasteiger partial charge is 0.490 e. The number of nitrogens with two attached hydrogens (primary N) is 1. The topological polar surface area (TPSA) is 73.6 Å². The number of nitrogen functional groups attached to an aromatic ring is 1. The van der Waals surface area contributed by atoms with Crippen LogP contribution >= 0.6 is 22.6 Å². The minimum absolute atomic E-state index is 0.263. The Kier molecular flexibility index (Phi) is 6.17. The first-order valence-electron chi connectivity index (χ1n) is 6.89. The summed E-state index contributed by atoms with van der Waals surface area (Å²) < 4.78 is 25.0. The molecule has 0 saturated heterocycles. The number of ether oxygens (including phenoxy) is 2. The fraction of sp³-hybridized carbons (Fsp3) is 0.188. The highest BCUT2D eigenvalue weighted by Crippen LogP contribution is 2.34. The van der Waals surface area contributed by atoms with Gasteiger partial charge in [0.25, 0.3) is 5.91 Å². The van der Waals surface area contributed by atoms with Crippen LogP contribution in [0.2, 0.25) is 0 Å². The molecule has 0 bridgehead atoms. The van der Waals surface area contributed by atoms with E-state index < -0.39 is 5.91 Å². The Hall–Kier alpha value is -1.87. The molecule has 0 radical (unpaired) electrons. The van der Waals surface area contributed by atoms with Crippen molar-refractivity contribution in [2.24, 2.45) is 5.84 Å². The van der Waals surface area contributed by atoms with Gasteiger partial charge in [-0.3, -0.25) is 10.2 Å². The SMILES string of the molecule is CCOc1cc(C(=O)NN)cc(I)c1OCc1ccc(F)cc1. The van der Waals surface area contributed by atoms with Crippen LogP contribution in [0.15, 0.2) is 36.4 Å². The summed E-state index contributed by atoms with van der Waals surface area (Å²) >= 11 is 2.06. The van der Waals surface area contributed by atoms with Crippen molar-refractivity contribution in [3.05, 3.63) is 56.9 Å². The van der Waals surface area contributed by atoms with Crippen LogP contribution in [0, 0.1) is 9.39 Å². The highest BCUT2D eigenvalue weighted by atomic mass is 127. The number of nitrogens with one attached hydrogen (secondary N) is 1. The summed E-state index contributed by atoms with van der Waals surface area (Å²) in [6.07, 6.45) is 0. The lowest BCUT2D eigenvalue weighted by molar-refractivity contribution is 0.0953. The number of hydrogen-bond donors (Lipinski definition) is 2. The molecule has 0 heterocycles. The second-order valence-electron chi connectivity index (χ2n) is 4.61. The van der Waals surface area contributed by atoms with Crippen LogP contribution in [0.1, 0.15) is 22.8 Å². The van der Waals surface area contributed by atoms with Gasteiger partial charge in [0, 0.05) is 5.56 Å². The van der Waals surface area contributed by atoms with E-state index in [-0.39, 0.29) is 12.4 Å². The Morgan fingerprint density at radius 1 is 1.26 bits per heavy atom. The fourth-order valence-corrected chi connectivity index (χ4v) is 2.68. The number of hydrazine groups is 1. The Bertz CT molecular complexity index is 692. The van der Waals surface area contributed by atoms with Crippen molar-refractivity contribution >= 4 is 28.5 Å². The van der Waals surface area contributed by atoms with Gasteiger partial charge in [-0.1, -0.05) is 12.1 Å². The molecule has 2 aromatic rings. The Morgan fingerprint density at radius 2 is 1.96 bits per heavy atom. The quantitative estimate of drug-likeness (QED) is 0.320. The van der Waals surface area contributed by atoms with Crippen LogP contribution in [-0.2, 0) is 6.61 Å². The van der Waals surface area contributed by atoms with Crippen molar-refractivity contribution in [3.8, 4) is 11.5 Å². The zero-order valence-electron chi connectivity index (χ0n) is 12.4. The minimum atomic E-state index is -0.408. The number of halogens is 2. The van der Waals surface area contributed by atoms with Gasteiger partial charge in [-0.2, -0.15) is 0 Å². The summed E-state index contributed by atoms with van der Waals surface area (Å²) in [5.41, 5.74) is 3.30. The molecular formula is C16H16FIN2O3. The summed E-state index contributed by atoms with van der Waals surface area (Å²) in [5.74, 6) is 5.45. The van der Waals surface area contributed by atoms with Gasteiger partial charge in [-0.05, 0) is 59.3 Å². The molecule has 7 heteroatoms.